The zero-order chi connectivity index (χ0) is 13.1. The van der Waals surface area contributed by atoms with E-state index in [2.05, 4.69) is 31.2 Å². The number of aromatic nitrogens is 2. The van der Waals surface area contributed by atoms with E-state index < -0.39 is 12.7 Å². The van der Waals surface area contributed by atoms with Crippen molar-refractivity contribution in [3.8, 4) is 0 Å². The molecule has 0 atom stereocenters. The molecule has 0 amide bonds. The predicted octanol–water partition coefficient (Wildman–Crippen LogP) is 2.67. The number of anilines is 2. The van der Waals surface area contributed by atoms with Gasteiger partial charge in [0.15, 0.2) is 0 Å². The second-order valence-electron chi connectivity index (χ2n) is 3.37. The minimum absolute atomic E-state index is 0.202. The third kappa shape index (κ3) is 4.37. The second-order valence-corrected chi connectivity index (χ2v) is 4.22. The summed E-state index contributed by atoms with van der Waals surface area (Å²) in [5, 5.41) is 2.84. The Bertz CT molecular complexity index is 383. The molecule has 17 heavy (non-hydrogen) atoms. The Labute approximate surface area is 105 Å². The van der Waals surface area contributed by atoms with Gasteiger partial charge >= 0.3 is 6.18 Å². The molecule has 0 aliphatic carbocycles. The van der Waals surface area contributed by atoms with Crippen LogP contribution >= 0.6 is 15.9 Å². The summed E-state index contributed by atoms with van der Waals surface area (Å²) in [5.41, 5.74) is 0. The maximum absolute atomic E-state index is 12.3. The molecule has 1 heterocycles. The minimum atomic E-state index is -4.27. The average Bonchev–Trinajstić information content (AvgIpc) is 2.18. The van der Waals surface area contributed by atoms with Crippen LogP contribution in [0.5, 0.6) is 0 Å². The van der Waals surface area contributed by atoms with E-state index in [1.807, 2.05) is 6.92 Å². The normalized spacial score (nSPS) is 11.4. The Balaban J connectivity index is 2.91. The standard InChI is InChI=1S/C9H12BrF3N4/c1-3-14-8-15-4-6(10)7(16-8)17(2)5-9(11,12)13/h4H,3,5H2,1-2H3,(H,14,15,16). The fraction of sp³-hybridized carbons (Fsp3) is 0.556. The lowest BCUT2D eigenvalue weighted by Crippen LogP contribution is -2.31. The van der Waals surface area contributed by atoms with Crippen molar-refractivity contribution in [2.45, 2.75) is 13.1 Å². The van der Waals surface area contributed by atoms with Gasteiger partial charge in [-0.3, -0.25) is 0 Å². The highest BCUT2D eigenvalue weighted by atomic mass is 79.9. The van der Waals surface area contributed by atoms with Crippen molar-refractivity contribution in [2.75, 3.05) is 30.4 Å². The minimum Gasteiger partial charge on any atom is -0.354 e. The zero-order valence-electron chi connectivity index (χ0n) is 9.35. The van der Waals surface area contributed by atoms with E-state index in [1.54, 1.807) is 0 Å². The Hall–Kier alpha value is -1.05. The first kappa shape index (κ1) is 14.0. The summed E-state index contributed by atoms with van der Waals surface area (Å²) < 4.78 is 37.2. The number of rotatable bonds is 4. The van der Waals surface area contributed by atoms with Gasteiger partial charge in [0, 0.05) is 19.8 Å². The largest absolute Gasteiger partial charge is 0.405 e. The highest BCUT2D eigenvalue weighted by molar-refractivity contribution is 9.10. The van der Waals surface area contributed by atoms with Crippen LogP contribution in [-0.4, -0.2) is 36.3 Å². The number of alkyl halides is 3. The van der Waals surface area contributed by atoms with Gasteiger partial charge in [0.05, 0.1) is 4.47 Å². The summed E-state index contributed by atoms with van der Waals surface area (Å²) in [6.07, 6.45) is -2.84. The first-order valence-corrected chi connectivity index (χ1v) is 5.67. The van der Waals surface area contributed by atoms with Gasteiger partial charge < -0.3 is 10.2 Å². The highest BCUT2D eigenvalue weighted by Crippen LogP contribution is 2.26. The molecule has 0 radical (unpaired) electrons. The van der Waals surface area contributed by atoms with Gasteiger partial charge in [0.2, 0.25) is 5.95 Å². The van der Waals surface area contributed by atoms with Crippen LogP contribution in [0.25, 0.3) is 0 Å². The third-order valence-electron chi connectivity index (χ3n) is 1.84. The molecule has 8 heteroatoms. The molecule has 96 valence electrons. The quantitative estimate of drug-likeness (QED) is 0.928. The number of hydrogen-bond acceptors (Lipinski definition) is 4. The summed E-state index contributed by atoms with van der Waals surface area (Å²) in [6, 6.07) is 0. The van der Waals surface area contributed by atoms with E-state index >= 15 is 0 Å². The van der Waals surface area contributed by atoms with Crippen molar-refractivity contribution < 1.29 is 13.2 Å². The van der Waals surface area contributed by atoms with Gasteiger partial charge in [-0.2, -0.15) is 18.2 Å². The SMILES string of the molecule is CCNc1ncc(Br)c(N(C)CC(F)(F)F)n1. The molecule has 0 fully saturated rings. The Kier molecular flexibility index (Phi) is 4.55. The van der Waals surface area contributed by atoms with Crippen LogP contribution in [0.15, 0.2) is 10.7 Å². The van der Waals surface area contributed by atoms with Crippen LogP contribution in [0, 0.1) is 0 Å². The average molecular weight is 313 g/mol. The summed E-state index contributed by atoms with van der Waals surface area (Å²) >= 11 is 3.13. The maximum atomic E-state index is 12.3. The van der Waals surface area contributed by atoms with Gasteiger partial charge in [-0.25, -0.2) is 4.98 Å². The van der Waals surface area contributed by atoms with E-state index in [4.69, 9.17) is 0 Å². The second kappa shape index (κ2) is 5.52. The van der Waals surface area contributed by atoms with Crippen molar-refractivity contribution in [3.63, 3.8) is 0 Å². The molecule has 4 nitrogen and oxygen atoms in total. The monoisotopic (exact) mass is 312 g/mol. The van der Waals surface area contributed by atoms with Crippen molar-refractivity contribution in [2.24, 2.45) is 0 Å². The molecule has 0 spiro atoms. The number of nitrogens with one attached hydrogen (secondary N) is 1. The summed E-state index contributed by atoms with van der Waals surface area (Å²) in [7, 11) is 1.33. The molecule has 0 aromatic carbocycles. The third-order valence-corrected chi connectivity index (χ3v) is 2.40. The van der Waals surface area contributed by atoms with Crippen molar-refractivity contribution in [3.05, 3.63) is 10.7 Å². The van der Waals surface area contributed by atoms with Crippen LogP contribution in [0.1, 0.15) is 6.92 Å². The van der Waals surface area contributed by atoms with E-state index in [9.17, 15) is 13.2 Å². The molecule has 1 aromatic rings. The Morgan fingerprint density at radius 1 is 1.47 bits per heavy atom. The van der Waals surface area contributed by atoms with E-state index in [1.165, 1.54) is 13.2 Å². The van der Waals surface area contributed by atoms with E-state index in [-0.39, 0.29) is 5.82 Å². The van der Waals surface area contributed by atoms with Crippen molar-refractivity contribution in [1.29, 1.82) is 0 Å². The molecular weight excluding hydrogens is 301 g/mol. The molecule has 0 aliphatic rings. The van der Waals surface area contributed by atoms with Crippen molar-refractivity contribution in [1.82, 2.24) is 9.97 Å². The van der Waals surface area contributed by atoms with Crippen LogP contribution in [0.4, 0.5) is 24.9 Å². The van der Waals surface area contributed by atoms with Gasteiger partial charge in [0.25, 0.3) is 0 Å². The maximum Gasteiger partial charge on any atom is 0.405 e. The molecule has 0 bridgehead atoms. The molecule has 0 unspecified atom stereocenters. The lowest BCUT2D eigenvalue weighted by atomic mass is 10.5. The molecule has 1 aromatic heterocycles. The smallest absolute Gasteiger partial charge is 0.354 e. The van der Waals surface area contributed by atoms with Crippen LogP contribution in [0.2, 0.25) is 0 Å². The summed E-state index contributed by atoms with van der Waals surface area (Å²) in [4.78, 5) is 8.95. The summed E-state index contributed by atoms with van der Waals surface area (Å²) in [6.45, 7) is 1.39. The lowest BCUT2D eigenvalue weighted by Gasteiger charge is -2.21. The molecule has 1 rings (SSSR count). The first-order valence-electron chi connectivity index (χ1n) is 4.87. The van der Waals surface area contributed by atoms with Gasteiger partial charge in [-0.05, 0) is 22.9 Å². The van der Waals surface area contributed by atoms with Gasteiger partial charge in [-0.1, -0.05) is 0 Å². The Morgan fingerprint density at radius 2 is 2.12 bits per heavy atom. The van der Waals surface area contributed by atoms with Crippen LogP contribution in [0.3, 0.4) is 0 Å². The zero-order valence-corrected chi connectivity index (χ0v) is 10.9. The first-order chi connectivity index (χ1) is 7.83. The number of nitrogens with zero attached hydrogens (tertiary/aromatic N) is 3. The molecular formula is C9H12BrF3N4. The molecule has 0 saturated heterocycles. The molecule has 0 saturated carbocycles. The van der Waals surface area contributed by atoms with E-state index in [0.29, 0.717) is 17.0 Å². The predicted molar refractivity (Wildman–Crippen MR) is 63.2 cm³/mol. The Morgan fingerprint density at radius 3 is 2.65 bits per heavy atom. The number of hydrogen-bond donors (Lipinski definition) is 1. The topological polar surface area (TPSA) is 41.1 Å². The van der Waals surface area contributed by atoms with Gasteiger partial charge in [0.1, 0.15) is 12.4 Å². The fourth-order valence-corrected chi connectivity index (χ4v) is 1.71. The summed E-state index contributed by atoms with van der Waals surface area (Å²) in [5.74, 6) is 0.507. The fourth-order valence-electron chi connectivity index (χ4n) is 1.21. The van der Waals surface area contributed by atoms with E-state index in [0.717, 1.165) is 4.90 Å². The molecule has 1 N–H and O–H groups in total. The number of halogens is 4. The van der Waals surface area contributed by atoms with Crippen LogP contribution < -0.4 is 10.2 Å². The van der Waals surface area contributed by atoms with Gasteiger partial charge in [-0.15, -0.1) is 0 Å². The van der Waals surface area contributed by atoms with Crippen molar-refractivity contribution >= 4 is 27.7 Å². The van der Waals surface area contributed by atoms with Crippen LogP contribution in [-0.2, 0) is 0 Å². The lowest BCUT2D eigenvalue weighted by molar-refractivity contribution is -0.119. The highest BCUT2D eigenvalue weighted by Gasteiger charge is 2.30. The molecule has 0 aliphatic heterocycles.